The van der Waals surface area contributed by atoms with E-state index in [0.717, 1.165) is 53.9 Å². The lowest BCUT2D eigenvalue weighted by Crippen LogP contribution is -2.28. The number of ether oxygens (including phenoxy) is 1. The van der Waals surface area contributed by atoms with Gasteiger partial charge in [0.15, 0.2) is 5.71 Å². The number of hydrogen-bond donors (Lipinski definition) is 0. The van der Waals surface area contributed by atoms with E-state index in [1.54, 1.807) is 7.11 Å². The Hall–Kier alpha value is -2.30. The molecule has 0 amide bonds. The van der Waals surface area contributed by atoms with Crippen LogP contribution in [0, 0.1) is 0 Å². The SMILES string of the molecule is CCC[N+]1=C(C=CC2=C(Cl)C(=CC=C3N(CCOC)c4ccc(Cl)cc4C3(C)C)CCC2)C(C)(C)c2cc(Cl)ccc21. The molecule has 0 bridgehead atoms. The zero-order chi connectivity index (χ0) is 30.2. The van der Waals surface area contributed by atoms with E-state index in [1.165, 1.54) is 45.1 Å². The van der Waals surface area contributed by atoms with E-state index in [1.807, 2.05) is 12.1 Å². The molecular formula is C36H42Cl3N2O+. The highest BCUT2D eigenvalue weighted by molar-refractivity contribution is 6.33. The van der Waals surface area contributed by atoms with Gasteiger partial charge in [-0.05, 0) is 86.2 Å². The summed E-state index contributed by atoms with van der Waals surface area (Å²) >= 11 is 20.0. The van der Waals surface area contributed by atoms with E-state index in [4.69, 9.17) is 39.5 Å². The zero-order valence-corrected chi connectivity index (χ0v) is 27.9. The van der Waals surface area contributed by atoms with E-state index in [9.17, 15) is 0 Å². The number of halogens is 3. The van der Waals surface area contributed by atoms with Gasteiger partial charge >= 0.3 is 0 Å². The summed E-state index contributed by atoms with van der Waals surface area (Å²) in [5, 5.41) is 2.41. The molecule has 0 fully saturated rings. The van der Waals surface area contributed by atoms with Crippen molar-refractivity contribution >= 4 is 51.9 Å². The van der Waals surface area contributed by atoms with Gasteiger partial charge < -0.3 is 9.64 Å². The molecule has 2 heterocycles. The molecule has 42 heavy (non-hydrogen) atoms. The Kier molecular flexibility index (Phi) is 9.17. The molecule has 3 aliphatic rings. The van der Waals surface area contributed by atoms with Crippen LogP contribution in [0.25, 0.3) is 0 Å². The van der Waals surface area contributed by atoms with Gasteiger partial charge in [-0.15, -0.1) is 0 Å². The Morgan fingerprint density at radius 3 is 2.33 bits per heavy atom. The summed E-state index contributed by atoms with van der Waals surface area (Å²) in [6, 6.07) is 12.5. The molecule has 0 spiro atoms. The Morgan fingerprint density at radius 2 is 1.62 bits per heavy atom. The average molecular weight is 625 g/mol. The first kappa shape index (κ1) is 31.1. The normalized spacial score (nSPS) is 21.3. The van der Waals surface area contributed by atoms with Crippen LogP contribution >= 0.6 is 34.8 Å². The monoisotopic (exact) mass is 623 g/mol. The smallest absolute Gasteiger partial charge is 0.209 e. The molecule has 5 rings (SSSR count). The van der Waals surface area contributed by atoms with Crippen molar-refractivity contribution in [2.45, 2.75) is 71.1 Å². The minimum Gasteiger partial charge on any atom is -0.383 e. The number of nitrogens with zero attached hydrogens (tertiary/aromatic N) is 2. The lowest BCUT2D eigenvalue weighted by atomic mass is 9.81. The van der Waals surface area contributed by atoms with Gasteiger partial charge in [-0.25, -0.2) is 0 Å². The summed E-state index contributed by atoms with van der Waals surface area (Å²) in [6.07, 6.45) is 13.1. The molecule has 0 aromatic heterocycles. The minimum atomic E-state index is -0.191. The van der Waals surface area contributed by atoms with Crippen molar-refractivity contribution in [3.05, 3.63) is 104 Å². The summed E-state index contributed by atoms with van der Waals surface area (Å²) in [5.41, 5.74) is 9.51. The molecule has 2 aromatic rings. The topological polar surface area (TPSA) is 15.5 Å². The molecule has 222 valence electrons. The second-order valence-electron chi connectivity index (χ2n) is 12.5. The molecule has 6 heteroatoms. The molecule has 0 radical (unpaired) electrons. The highest BCUT2D eigenvalue weighted by Gasteiger charge is 2.44. The zero-order valence-electron chi connectivity index (χ0n) is 25.7. The second-order valence-corrected chi connectivity index (χ2v) is 13.8. The second kappa shape index (κ2) is 12.4. The molecule has 0 saturated carbocycles. The van der Waals surface area contributed by atoms with Crippen LogP contribution in [0.2, 0.25) is 10.0 Å². The fourth-order valence-corrected chi connectivity index (χ4v) is 7.41. The van der Waals surface area contributed by atoms with Crippen molar-refractivity contribution in [1.82, 2.24) is 0 Å². The summed E-state index contributed by atoms with van der Waals surface area (Å²) in [4.78, 5) is 2.36. The molecule has 0 saturated heterocycles. The van der Waals surface area contributed by atoms with Crippen LogP contribution in [-0.2, 0) is 15.6 Å². The molecular weight excluding hydrogens is 583 g/mol. The van der Waals surface area contributed by atoms with Gasteiger partial charge in [0.1, 0.15) is 6.54 Å². The third kappa shape index (κ3) is 5.66. The standard InChI is InChI=1S/C36H42Cl3N2O/c1-7-19-40-30-15-13-26(37)22-28(30)35(2,3)32(40)17-11-24-9-8-10-25(34(24)39)12-18-33-36(4,5)29-23-27(38)14-16-31(29)41(33)20-21-42-6/h11-18,22-23H,7-10,19-21H2,1-6H3/q+1. The van der Waals surface area contributed by atoms with Gasteiger partial charge in [-0.1, -0.05) is 67.7 Å². The quantitative estimate of drug-likeness (QED) is 0.272. The molecule has 1 aliphatic carbocycles. The molecule has 0 N–H and O–H groups in total. The maximum absolute atomic E-state index is 7.14. The van der Waals surface area contributed by atoms with Crippen molar-refractivity contribution in [3.8, 4) is 0 Å². The van der Waals surface area contributed by atoms with Crippen molar-refractivity contribution in [2.75, 3.05) is 31.7 Å². The van der Waals surface area contributed by atoms with Crippen LogP contribution < -0.4 is 4.90 Å². The number of allylic oxidation sites excluding steroid dienone is 8. The first-order valence-corrected chi connectivity index (χ1v) is 16.1. The van der Waals surface area contributed by atoms with E-state index in [-0.39, 0.29) is 10.8 Å². The Morgan fingerprint density at radius 1 is 0.905 bits per heavy atom. The van der Waals surface area contributed by atoms with E-state index >= 15 is 0 Å². The summed E-state index contributed by atoms with van der Waals surface area (Å²) < 4.78 is 7.90. The van der Waals surface area contributed by atoms with Gasteiger partial charge in [0.25, 0.3) is 0 Å². The van der Waals surface area contributed by atoms with Crippen molar-refractivity contribution < 1.29 is 9.31 Å². The van der Waals surface area contributed by atoms with E-state index in [0.29, 0.717) is 6.61 Å². The number of methoxy groups -OCH3 is 1. The largest absolute Gasteiger partial charge is 0.383 e. The van der Waals surface area contributed by atoms with Crippen LogP contribution in [0.1, 0.15) is 71.4 Å². The van der Waals surface area contributed by atoms with Crippen molar-refractivity contribution in [3.63, 3.8) is 0 Å². The Labute approximate surface area is 266 Å². The van der Waals surface area contributed by atoms with Crippen LogP contribution in [-0.4, -0.2) is 37.1 Å². The van der Waals surface area contributed by atoms with Gasteiger partial charge in [-0.3, -0.25) is 0 Å². The van der Waals surface area contributed by atoms with E-state index in [2.05, 4.69) is 92.7 Å². The molecule has 2 aliphatic heterocycles. The number of benzene rings is 2. The predicted molar refractivity (Wildman–Crippen MR) is 180 cm³/mol. The van der Waals surface area contributed by atoms with Gasteiger partial charge in [0, 0.05) is 69.7 Å². The first-order chi connectivity index (χ1) is 20.0. The number of fused-ring (bicyclic) bond motifs is 2. The highest BCUT2D eigenvalue weighted by atomic mass is 35.5. The van der Waals surface area contributed by atoms with Gasteiger partial charge in [0.2, 0.25) is 5.69 Å². The summed E-state index contributed by atoms with van der Waals surface area (Å²) in [6.45, 7) is 13.7. The average Bonchev–Trinajstić information content (AvgIpc) is 3.28. The Balaban J connectivity index is 1.50. The molecule has 0 unspecified atom stereocenters. The minimum absolute atomic E-state index is 0.145. The van der Waals surface area contributed by atoms with Crippen LogP contribution in [0.3, 0.4) is 0 Å². The fourth-order valence-electron chi connectivity index (χ4n) is 6.75. The van der Waals surface area contributed by atoms with Crippen LogP contribution in [0.4, 0.5) is 11.4 Å². The van der Waals surface area contributed by atoms with Crippen LogP contribution in [0.5, 0.6) is 0 Å². The lowest BCUT2D eigenvalue weighted by Gasteiger charge is -2.27. The summed E-state index contributed by atoms with van der Waals surface area (Å²) in [7, 11) is 1.75. The van der Waals surface area contributed by atoms with Gasteiger partial charge in [0.05, 0.1) is 12.0 Å². The third-order valence-corrected chi connectivity index (χ3v) is 9.97. The number of anilines is 1. The summed E-state index contributed by atoms with van der Waals surface area (Å²) in [5.74, 6) is 0. The molecule has 2 aromatic carbocycles. The lowest BCUT2D eigenvalue weighted by molar-refractivity contribution is -0.437. The third-order valence-electron chi connectivity index (χ3n) is 9.01. The number of rotatable bonds is 8. The van der Waals surface area contributed by atoms with Crippen molar-refractivity contribution in [2.24, 2.45) is 0 Å². The van der Waals surface area contributed by atoms with Gasteiger partial charge in [-0.2, -0.15) is 4.58 Å². The predicted octanol–water partition coefficient (Wildman–Crippen LogP) is 10.3. The molecule has 0 atom stereocenters. The maximum atomic E-state index is 7.14. The maximum Gasteiger partial charge on any atom is 0.209 e. The van der Waals surface area contributed by atoms with E-state index < -0.39 is 0 Å². The number of hydrogen-bond acceptors (Lipinski definition) is 2. The molecule has 3 nitrogen and oxygen atoms in total. The fraction of sp³-hybridized carbons (Fsp3) is 0.417. The first-order valence-electron chi connectivity index (χ1n) is 15.0. The Bertz CT molecular complexity index is 1540. The highest BCUT2D eigenvalue weighted by Crippen LogP contribution is 2.49. The van der Waals surface area contributed by atoms with Crippen LogP contribution in [0.15, 0.2) is 82.6 Å². The van der Waals surface area contributed by atoms with Crippen molar-refractivity contribution in [1.29, 1.82) is 0 Å².